The SMILES string of the molecule is CC1(C)OCC(/C=C2\CN3CCCC[C@H]3[C@@H]2C[Si]c2ccccc2)CO1. The molecule has 3 saturated heterocycles. The zero-order chi connectivity index (χ0) is 18.0. The molecular weight excluding hydrogens is 338 g/mol. The second kappa shape index (κ2) is 7.97. The fraction of sp³-hybridized carbons (Fsp3) is 0.636. The first-order valence-electron chi connectivity index (χ1n) is 10.1. The van der Waals surface area contributed by atoms with Crippen molar-refractivity contribution in [2.75, 3.05) is 26.3 Å². The summed E-state index contributed by atoms with van der Waals surface area (Å²) in [5.74, 6) is 0.696. The molecular formula is C22H31NO2Si. The van der Waals surface area contributed by atoms with E-state index >= 15 is 0 Å². The lowest BCUT2D eigenvalue weighted by molar-refractivity contribution is -0.256. The normalized spacial score (nSPS) is 31.2. The number of nitrogens with zero attached hydrogens (tertiary/aromatic N) is 1. The number of hydrogen-bond acceptors (Lipinski definition) is 3. The largest absolute Gasteiger partial charge is 0.350 e. The van der Waals surface area contributed by atoms with Crippen molar-refractivity contribution in [1.29, 1.82) is 0 Å². The van der Waals surface area contributed by atoms with Crippen LogP contribution in [0.4, 0.5) is 0 Å². The van der Waals surface area contributed by atoms with Crippen LogP contribution in [-0.2, 0) is 9.47 Å². The van der Waals surface area contributed by atoms with Gasteiger partial charge in [0.1, 0.15) is 0 Å². The molecule has 3 heterocycles. The van der Waals surface area contributed by atoms with E-state index in [-0.39, 0.29) is 0 Å². The molecule has 0 saturated carbocycles. The molecule has 0 amide bonds. The predicted molar refractivity (Wildman–Crippen MR) is 107 cm³/mol. The van der Waals surface area contributed by atoms with Gasteiger partial charge in [-0.15, -0.1) is 0 Å². The Kier molecular flexibility index (Phi) is 5.65. The summed E-state index contributed by atoms with van der Waals surface area (Å²) in [4.78, 5) is 2.74. The maximum atomic E-state index is 5.89. The minimum atomic E-state index is -0.420. The molecule has 2 atom stereocenters. The van der Waals surface area contributed by atoms with Gasteiger partial charge in [0.15, 0.2) is 5.79 Å². The van der Waals surface area contributed by atoms with Crippen LogP contribution in [0.5, 0.6) is 0 Å². The lowest BCUT2D eigenvalue weighted by Gasteiger charge is -2.34. The third-order valence-electron chi connectivity index (χ3n) is 6.03. The van der Waals surface area contributed by atoms with Crippen molar-refractivity contribution in [2.24, 2.45) is 11.8 Å². The molecule has 3 fully saturated rings. The van der Waals surface area contributed by atoms with Crippen molar-refractivity contribution in [3.05, 3.63) is 42.0 Å². The van der Waals surface area contributed by atoms with Crippen LogP contribution in [0.25, 0.3) is 0 Å². The molecule has 0 spiro atoms. The third kappa shape index (κ3) is 4.30. The number of piperidine rings is 1. The zero-order valence-electron chi connectivity index (χ0n) is 16.1. The standard InChI is InChI=1S/C22H31NO2Si/c1-22(2)24-14-17(15-25-22)12-18-13-23-11-7-6-10-21(23)20(18)16-26-19-8-4-3-5-9-19/h3-5,8-9,12,17,20-21H,6-7,10-11,13-16H2,1-2H3/b18-12+/t20-,21+/m1/s1. The van der Waals surface area contributed by atoms with E-state index in [1.54, 1.807) is 5.57 Å². The first-order valence-corrected chi connectivity index (χ1v) is 11.3. The van der Waals surface area contributed by atoms with E-state index < -0.39 is 5.79 Å². The van der Waals surface area contributed by atoms with Gasteiger partial charge in [0.25, 0.3) is 0 Å². The fourth-order valence-corrected chi connectivity index (χ4v) is 6.02. The second-order valence-electron chi connectivity index (χ2n) is 8.41. The van der Waals surface area contributed by atoms with Crippen molar-refractivity contribution < 1.29 is 9.47 Å². The van der Waals surface area contributed by atoms with Crippen LogP contribution in [-0.4, -0.2) is 52.6 Å². The Labute approximate surface area is 160 Å². The Morgan fingerprint density at radius 2 is 1.92 bits per heavy atom. The Balaban J connectivity index is 1.47. The molecule has 3 nitrogen and oxygen atoms in total. The van der Waals surface area contributed by atoms with E-state index in [1.165, 1.54) is 37.0 Å². The van der Waals surface area contributed by atoms with Crippen LogP contribution in [0, 0.1) is 11.8 Å². The molecule has 3 aliphatic heterocycles. The quantitative estimate of drug-likeness (QED) is 0.601. The van der Waals surface area contributed by atoms with Crippen LogP contribution in [0.15, 0.2) is 42.0 Å². The van der Waals surface area contributed by atoms with E-state index in [0.717, 1.165) is 35.3 Å². The number of hydrogen-bond donors (Lipinski definition) is 0. The van der Waals surface area contributed by atoms with Crippen LogP contribution in [0.3, 0.4) is 0 Å². The first kappa shape index (κ1) is 18.4. The second-order valence-corrected chi connectivity index (χ2v) is 9.75. The molecule has 1 aromatic rings. The topological polar surface area (TPSA) is 21.7 Å². The highest BCUT2D eigenvalue weighted by molar-refractivity contribution is 6.53. The van der Waals surface area contributed by atoms with Crippen LogP contribution < -0.4 is 5.19 Å². The lowest BCUT2D eigenvalue weighted by atomic mass is 9.90. The Morgan fingerprint density at radius 3 is 2.69 bits per heavy atom. The average molecular weight is 370 g/mol. The van der Waals surface area contributed by atoms with Gasteiger partial charge in [-0.3, -0.25) is 4.90 Å². The fourth-order valence-electron chi connectivity index (χ4n) is 4.60. The van der Waals surface area contributed by atoms with Gasteiger partial charge in [-0.25, -0.2) is 0 Å². The molecule has 1 aromatic carbocycles. The van der Waals surface area contributed by atoms with Gasteiger partial charge < -0.3 is 9.47 Å². The maximum absolute atomic E-state index is 5.89. The van der Waals surface area contributed by atoms with E-state index in [9.17, 15) is 0 Å². The van der Waals surface area contributed by atoms with Crippen molar-refractivity contribution in [3.63, 3.8) is 0 Å². The molecule has 0 unspecified atom stereocenters. The van der Waals surface area contributed by atoms with Crippen LogP contribution in [0.1, 0.15) is 33.1 Å². The zero-order valence-corrected chi connectivity index (χ0v) is 17.1. The minimum Gasteiger partial charge on any atom is -0.350 e. The highest BCUT2D eigenvalue weighted by atomic mass is 28.2. The summed E-state index contributed by atoms with van der Waals surface area (Å²) in [5.41, 5.74) is 1.65. The number of ether oxygens (including phenoxy) is 2. The summed E-state index contributed by atoms with van der Waals surface area (Å²) >= 11 is 0. The predicted octanol–water partition coefficient (Wildman–Crippen LogP) is 3.24. The van der Waals surface area contributed by atoms with Gasteiger partial charge in [0.2, 0.25) is 0 Å². The molecule has 0 aliphatic carbocycles. The van der Waals surface area contributed by atoms with Gasteiger partial charge >= 0.3 is 0 Å². The average Bonchev–Trinajstić information content (AvgIpc) is 3.00. The van der Waals surface area contributed by atoms with Gasteiger partial charge in [0.05, 0.1) is 22.7 Å². The molecule has 4 heteroatoms. The first-order chi connectivity index (χ1) is 12.6. The Hall–Kier alpha value is -0.943. The third-order valence-corrected chi connectivity index (χ3v) is 7.42. The van der Waals surface area contributed by atoms with Crippen molar-refractivity contribution in [3.8, 4) is 0 Å². The minimum absolute atomic E-state index is 0.405. The summed E-state index contributed by atoms with van der Waals surface area (Å²) < 4.78 is 11.8. The summed E-state index contributed by atoms with van der Waals surface area (Å²) in [6, 6.07) is 13.0. The van der Waals surface area contributed by atoms with Gasteiger partial charge in [-0.2, -0.15) is 0 Å². The van der Waals surface area contributed by atoms with Crippen molar-refractivity contribution in [1.82, 2.24) is 4.90 Å². The molecule has 3 aliphatic rings. The summed E-state index contributed by atoms with van der Waals surface area (Å²) in [7, 11) is 0.902. The van der Waals surface area contributed by atoms with Crippen LogP contribution >= 0.6 is 0 Å². The molecule has 2 radical (unpaired) electrons. The molecule has 4 rings (SSSR count). The number of fused-ring (bicyclic) bond motifs is 1. The summed E-state index contributed by atoms with van der Waals surface area (Å²) in [6.45, 7) is 8.03. The number of benzene rings is 1. The maximum Gasteiger partial charge on any atom is 0.162 e. The monoisotopic (exact) mass is 369 g/mol. The van der Waals surface area contributed by atoms with E-state index in [2.05, 4.69) is 41.3 Å². The molecule has 0 aromatic heterocycles. The van der Waals surface area contributed by atoms with E-state index in [4.69, 9.17) is 9.47 Å². The van der Waals surface area contributed by atoms with Crippen molar-refractivity contribution in [2.45, 2.75) is 51.0 Å². The van der Waals surface area contributed by atoms with Crippen LogP contribution in [0.2, 0.25) is 6.04 Å². The molecule has 140 valence electrons. The number of rotatable bonds is 4. The highest BCUT2D eigenvalue weighted by Gasteiger charge is 2.39. The van der Waals surface area contributed by atoms with E-state index in [0.29, 0.717) is 11.8 Å². The Bertz CT molecular complexity index is 620. The lowest BCUT2D eigenvalue weighted by Crippen LogP contribution is -2.38. The van der Waals surface area contributed by atoms with Gasteiger partial charge in [0, 0.05) is 18.5 Å². The van der Waals surface area contributed by atoms with E-state index in [1.807, 2.05) is 13.8 Å². The van der Waals surface area contributed by atoms with Crippen molar-refractivity contribution >= 4 is 14.7 Å². The smallest absolute Gasteiger partial charge is 0.162 e. The van der Waals surface area contributed by atoms with Gasteiger partial charge in [-0.1, -0.05) is 53.6 Å². The molecule has 0 bridgehead atoms. The summed E-state index contributed by atoms with van der Waals surface area (Å²) in [5, 5.41) is 1.49. The molecule has 0 N–H and O–H groups in total. The summed E-state index contributed by atoms with van der Waals surface area (Å²) in [6.07, 6.45) is 6.63. The highest BCUT2D eigenvalue weighted by Crippen LogP contribution is 2.38. The van der Waals surface area contributed by atoms with Gasteiger partial charge in [-0.05, 0) is 45.2 Å². The Morgan fingerprint density at radius 1 is 1.15 bits per heavy atom. The molecule has 26 heavy (non-hydrogen) atoms.